The maximum absolute atomic E-state index is 12.0. The van der Waals surface area contributed by atoms with Crippen LogP contribution in [0.3, 0.4) is 0 Å². The van der Waals surface area contributed by atoms with E-state index in [9.17, 15) is 24.0 Å². The van der Waals surface area contributed by atoms with Crippen molar-refractivity contribution >= 4 is 29.7 Å². The molecule has 11 heteroatoms. The third-order valence-electron chi connectivity index (χ3n) is 6.69. The molecule has 2 rings (SSSR count). The summed E-state index contributed by atoms with van der Waals surface area (Å²) in [7, 11) is 0. The molecule has 1 aliphatic heterocycles. The van der Waals surface area contributed by atoms with Gasteiger partial charge in [-0.2, -0.15) is 0 Å². The first-order valence-electron chi connectivity index (χ1n) is 12.8. The Morgan fingerprint density at radius 1 is 0.947 bits per heavy atom. The van der Waals surface area contributed by atoms with Crippen molar-refractivity contribution in [1.29, 1.82) is 0 Å². The third kappa shape index (κ3) is 8.90. The van der Waals surface area contributed by atoms with E-state index < -0.39 is 60.7 Å². The number of ketones is 1. The van der Waals surface area contributed by atoms with Crippen LogP contribution in [0.2, 0.25) is 0 Å². The highest BCUT2D eigenvalue weighted by Crippen LogP contribution is 2.42. The maximum atomic E-state index is 12.0. The summed E-state index contributed by atoms with van der Waals surface area (Å²) in [6, 6.07) is 0. The van der Waals surface area contributed by atoms with Crippen molar-refractivity contribution in [2.75, 3.05) is 6.61 Å². The number of carbonyl (C=O) groups is 5. The van der Waals surface area contributed by atoms with E-state index >= 15 is 0 Å². The number of carbonyl (C=O) groups excluding carboxylic acids is 5. The normalized spacial score (nSPS) is 29.5. The van der Waals surface area contributed by atoms with Crippen molar-refractivity contribution < 1.29 is 52.4 Å². The molecule has 1 aliphatic carbocycles. The van der Waals surface area contributed by atoms with E-state index in [0.29, 0.717) is 12.8 Å². The van der Waals surface area contributed by atoms with Crippen LogP contribution in [0.1, 0.15) is 74.7 Å². The summed E-state index contributed by atoms with van der Waals surface area (Å²) in [5.41, 5.74) is 0.815. The smallest absolute Gasteiger partial charge is 0.303 e. The summed E-state index contributed by atoms with van der Waals surface area (Å²) in [6.45, 7) is 12.3. The number of ether oxygens (including phenoxy) is 6. The Bertz CT molecular complexity index is 937. The summed E-state index contributed by atoms with van der Waals surface area (Å²) in [5, 5.41) is 0. The van der Waals surface area contributed by atoms with Crippen LogP contribution in [0.15, 0.2) is 11.6 Å². The van der Waals surface area contributed by atoms with Gasteiger partial charge in [0.15, 0.2) is 30.4 Å². The van der Waals surface area contributed by atoms with Crippen LogP contribution in [0, 0.1) is 11.3 Å². The minimum atomic E-state index is -1.28. The van der Waals surface area contributed by atoms with Crippen molar-refractivity contribution in [1.82, 2.24) is 0 Å². The van der Waals surface area contributed by atoms with Gasteiger partial charge in [-0.3, -0.25) is 24.0 Å². The molecule has 11 nitrogen and oxygen atoms in total. The minimum Gasteiger partial charge on any atom is -0.463 e. The summed E-state index contributed by atoms with van der Waals surface area (Å²) in [5.74, 6) is -2.40. The van der Waals surface area contributed by atoms with E-state index in [1.165, 1.54) is 13.8 Å². The van der Waals surface area contributed by atoms with E-state index in [1.807, 2.05) is 13.8 Å². The lowest BCUT2D eigenvalue weighted by atomic mass is 9.66. The molecule has 0 radical (unpaired) electrons. The van der Waals surface area contributed by atoms with E-state index in [0.717, 1.165) is 25.8 Å². The zero-order valence-corrected chi connectivity index (χ0v) is 23.4. The fraction of sp³-hybridized carbons (Fsp3) is 0.741. The van der Waals surface area contributed by atoms with Gasteiger partial charge in [0.2, 0.25) is 0 Å². The highest BCUT2D eigenvalue weighted by atomic mass is 16.7. The van der Waals surface area contributed by atoms with Crippen LogP contribution in [0.25, 0.3) is 0 Å². The molecular formula is C27H40O11. The van der Waals surface area contributed by atoms with Crippen LogP contribution in [0.4, 0.5) is 0 Å². The number of rotatable bonds is 10. The number of allylic oxidation sites excluding steroid dienone is 2. The fourth-order valence-corrected chi connectivity index (χ4v) is 5.21. The van der Waals surface area contributed by atoms with Crippen LogP contribution in [-0.2, 0) is 52.4 Å². The predicted molar refractivity (Wildman–Crippen MR) is 132 cm³/mol. The third-order valence-corrected chi connectivity index (χ3v) is 6.69. The van der Waals surface area contributed by atoms with Crippen LogP contribution < -0.4 is 0 Å². The molecule has 0 saturated carbocycles. The molecule has 0 aromatic carbocycles. The average Bonchev–Trinajstić information content (AvgIpc) is 2.74. The van der Waals surface area contributed by atoms with Crippen LogP contribution in [0.5, 0.6) is 0 Å². The summed E-state index contributed by atoms with van der Waals surface area (Å²) >= 11 is 0. The lowest BCUT2D eigenvalue weighted by molar-refractivity contribution is -0.316. The van der Waals surface area contributed by atoms with Crippen molar-refractivity contribution in [3.8, 4) is 0 Å². The minimum absolute atomic E-state index is 0.116. The molecule has 0 spiro atoms. The van der Waals surface area contributed by atoms with Crippen molar-refractivity contribution in [3.05, 3.63) is 11.6 Å². The highest BCUT2D eigenvalue weighted by Gasteiger charge is 2.53. The first kappa shape index (κ1) is 31.4. The predicted octanol–water partition coefficient (Wildman–Crippen LogP) is 2.82. The molecule has 0 aromatic rings. The molecule has 0 amide bonds. The van der Waals surface area contributed by atoms with Gasteiger partial charge in [-0.05, 0) is 44.1 Å². The Kier molecular flexibility index (Phi) is 11.0. The van der Waals surface area contributed by atoms with Gasteiger partial charge in [0.05, 0.1) is 6.10 Å². The quantitative estimate of drug-likeness (QED) is 0.298. The summed E-state index contributed by atoms with van der Waals surface area (Å²) in [4.78, 5) is 59.3. The van der Waals surface area contributed by atoms with Gasteiger partial charge in [-0.25, -0.2) is 0 Å². The lowest BCUT2D eigenvalue weighted by Gasteiger charge is -2.44. The lowest BCUT2D eigenvalue weighted by Crippen LogP contribution is -2.63. The number of esters is 4. The van der Waals surface area contributed by atoms with Crippen molar-refractivity contribution in [2.45, 2.75) is 111 Å². The van der Waals surface area contributed by atoms with Gasteiger partial charge in [0.25, 0.3) is 0 Å². The van der Waals surface area contributed by atoms with E-state index in [4.69, 9.17) is 28.4 Å². The molecule has 2 aliphatic rings. The molecule has 0 N–H and O–H groups in total. The average molecular weight is 541 g/mol. The second-order valence-electron chi connectivity index (χ2n) is 10.7. The van der Waals surface area contributed by atoms with E-state index in [1.54, 1.807) is 6.08 Å². The monoisotopic (exact) mass is 540 g/mol. The second kappa shape index (κ2) is 13.3. The van der Waals surface area contributed by atoms with Crippen LogP contribution in [-0.4, -0.2) is 73.1 Å². The molecular weight excluding hydrogens is 500 g/mol. The van der Waals surface area contributed by atoms with Crippen LogP contribution >= 0.6 is 0 Å². The Morgan fingerprint density at radius 2 is 1.50 bits per heavy atom. The molecule has 0 unspecified atom stereocenters. The van der Waals surface area contributed by atoms with Crippen molar-refractivity contribution in [3.63, 3.8) is 0 Å². The molecule has 1 fully saturated rings. The summed E-state index contributed by atoms with van der Waals surface area (Å²) in [6.07, 6.45) is -2.99. The Balaban J connectivity index is 2.29. The highest BCUT2D eigenvalue weighted by molar-refractivity contribution is 5.92. The van der Waals surface area contributed by atoms with E-state index in [-0.39, 0.29) is 23.7 Å². The van der Waals surface area contributed by atoms with Crippen molar-refractivity contribution in [2.24, 2.45) is 11.3 Å². The molecule has 38 heavy (non-hydrogen) atoms. The van der Waals surface area contributed by atoms with Gasteiger partial charge in [-0.15, -0.1) is 0 Å². The zero-order valence-electron chi connectivity index (χ0n) is 23.4. The second-order valence-corrected chi connectivity index (χ2v) is 10.7. The summed E-state index contributed by atoms with van der Waals surface area (Å²) < 4.78 is 33.5. The van der Waals surface area contributed by atoms with Gasteiger partial charge < -0.3 is 28.4 Å². The molecule has 1 saturated heterocycles. The Hall–Kier alpha value is -2.79. The van der Waals surface area contributed by atoms with Gasteiger partial charge in [0, 0.05) is 34.1 Å². The van der Waals surface area contributed by atoms with Gasteiger partial charge in [-0.1, -0.05) is 19.4 Å². The fourth-order valence-electron chi connectivity index (χ4n) is 5.21. The Labute approximate surface area is 223 Å². The first-order valence-corrected chi connectivity index (χ1v) is 12.8. The molecule has 214 valence electrons. The Morgan fingerprint density at radius 3 is 2.03 bits per heavy atom. The number of hydrogen-bond donors (Lipinski definition) is 0. The number of hydrogen-bond acceptors (Lipinski definition) is 11. The topological polar surface area (TPSA) is 141 Å². The maximum Gasteiger partial charge on any atom is 0.303 e. The molecule has 0 bridgehead atoms. The van der Waals surface area contributed by atoms with E-state index in [2.05, 4.69) is 13.8 Å². The largest absolute Gasteiger partial charge is 0.463 e. The molecule has 1 heterocycles. The SMILES string of the molecule is CC(=O)OC[C@H]1O[C@@H](O[C@@H](C)CC[C@H]2C(C)=CC(=O)CC2(C)C)[C@H](OC(C)=O)[C@@H](OC(C)=O)[C@@H]1OC(C)=O. The first-order chi connectivity index (χ1) is 17.6. The zero-order chi connectivity index (χ0) is 28.8. The van der Waals surface area contributed by atoms with Gasteiger partial charge in [0.1, 0.15) is 12.7 Å². The van der Waals surface area contributed by atoms with Gasteiger partial charge >= 0.3 is 23.9 Å². The molecule has 0 aromatic heterocycles. The standard InChI is InChI=1S/C27H40O11/c1-14-11-20(32)12-27(7,8)21(14)10-9-15(2)34-26-25(37-19(6)31)24(36-18(5)30)23(35-17(4)29)22(38-26)13-33-16(3)28/h11,15,21-26H,9-10,12-13H2,1-8H3/t15-,21-,22+,23+,24-,25+,26+/m0/s1. The molecule has 7 atom stereocenters.